The average molecular weight is 328 g/mol. The molecular weight excluding hydrogens is 300 g/mol. The van der Waals surface area contributed by atoms with Gasteiger partial charge in [0.2, 0.25) is 0 Å². The summed E-state index contributed by atoms with van der Waals surface area (Å²) >= 11 is 0. The van der Waals surface area contributed by atoms with Crippen LogP contribution in [-0.2, 0) is 0 Å². The Morgan fingerprint density at radius 2 is 1.58 bits per heavy atom. The SMILES string of the molecule is CCCN1CCCC(c2ccc(-c3ccccc3)cc2)C1=N.O.O. The van der Waals surface area contributed by atoms with Crippen LogP contribution in [0.2, 0.25) is 0 Å². The van der Waals surface area contributed by atoms with Gasteiger partial charge in [0.15, 0.2) is 0 Å². The molecular formula is C20H28N2O2. The van der Waals surface area contributed by atoms with Crippen LogP contribution < -0.4 is 0 Å². The number of benzene rings is 2. The molecule has 0 bridgehead atoms. The van der Waals surface area contributed by atoms with Crippen LogP contribution in [-0.4, -0.2) is 34.8 Å². The normalized spacial score (nSPS) is 17.0. The Bertz CT molecular complexity index is 624. The number of hydrogen-bond donors (Lipinski definition) is 1. The zero-order valence-electron chi connectivity index (χ0n) is 14.3. The van der Waals surface area contributed by atoms with Crippen molar-refractivity contribution in [1.29, 1.82) is 5.41 Å². The van der Waals surface area contributed by atoms with E-state index in [1.54, 1.807) is 0 Å². The molecule has 1 unspecified atom stereocenters. The minimum absolute atomic E-state index is 0. The molecule has 2 aromatic rings. The molecule has 1 heterocycles. The fourth-order valence-corrected chi connectivity index (χ4v) is 3.33. The van der Waals surface area contributed by atoms with Gasteiger partial charge in [-0.25, -0.2) is 0 Å². The molecule has 0 aliphatic carbocycles. The van der Waals surface area contributed by atoms with Crippen LogP contribution in [0.3, 0.4) is 0 Å². The molecule has 2 aromatic carbocycles. The molecule has 24 heavy (non-hydrogen) atoms. The van der Waals surface area contributed by atoms with E-state index in [0.717, 1.165) is 31.8 Å². The van der Waals surface area contributed by atoms with E-state index in [1.165, 1.54) is 23.1 Å². The fraction of sp³-hybridized carbons (Fsp3) is 0.350. The van der Waals surface area contributed by atoms with Crippen molar-refractivity contribution in [2.24, 2.45) is 0 Å². The lowest BCUT2D eigenvalue weighted by Gasteiger charge is -2.35. The molecule has 1 aliphatic rings. The molecule has 4 nitrogen and oxygen atoms in total. The van der Waals surface area contributed by atoms with Crippen molar-refractivity contribution in [3.63, 3.8) is 0 Å². The number of nitrogens with one attached hydrogen (secondary N) is 1. The van der Waals surface area contributed by atoms with Gasteiger partial charge in [0.1, 0.15) is 5.84 Å². The number of rotatable bonds is 4. The van der Waals surface area contributed by atoms with Crippen molar-refractivity contribution in [3.05, 3.63) is 60.2 Å². The van der Waals surface area contributed by atoms with E-state index in [4.69, 9.17) is 5.41 Å². The maximum absolute atomic E-state index is 8.49. The van der Waals surface area contributed by atoms with Crippen LogP contribution in [0, 0.1) is 5.41 Å². The van der Waals surface area contributed by atoms with Crippen LogP contribution in [0.1, 0.15) is 37.7 Å². The Labute approximate surface area is 144 Å². The number of amidine groups is 1. The van der Waals surface area contributed by atoms with Gasteiger partial charge in [0.05, 0.1) is 0 Å². The van der Waals surface area contributed by atoms with Crippen molar-refractivity contribution in [3.8, 4) is 11.1 Å². The first kappa shape index (κ1) is 19.9. The summed E-state index contributed by atoms with van der Waals surface area (Å²) in [6, 6.07) is 19.3. The standard InChI is InChI=1S/C20H24N2.2H2O/c1-2-14-22-15-6-9-19(20(22)21)18-12-10-17(11-13-18)16-7-4-3-5-8-16;;/h3-5,7-8,10-13,19,21H,2,6,9,14-15H2,1H3;2*1H2. The van der Waals surface area contributed by atoms with Crippen LogP contribution >= 0.6 is 0 Å². The van der Waals surface area contributed by atoms with E-state index in [1.807, 2.05) is 6.07 Å². The van der Waals surface area contributed by atoms with E-state index < -0.39 is 0 Å². The molecule has 4 heteroatoms. The third kappa shape index (κ3) is 4.22. The van der Waals surface area contributed by atoms with Crippen molar-refractivity contribution in [2.45, 2.75) is 32.1 Å². The monoisotopic (exact) mass is 328 g/mol. The van der Waals surface area contributed by atoms with E-state index in [9.17, 15) is 0 Å². The van der Waals surface area contributed by atoms with Gasteiger partial charge in [0, 0.05) is 19.0 Å². The minimum atomic E-state index is 0. The van der Waals surface area contributed by atoms with Gasteiger partial charge < -0.3 is 15.9 Å². The highest BCUT2D eigenvalue weighted by atomic mass is 16.0. The van der Waals surface area contributed by atoms with Gasteiger partial charge in [-0.05, 0) is 36.0 Å². The molecule has 1 atom stereocenters. The number of nitrogens with zero attached hydrogens (tertiary/aromatic N) is 1. The fourth-order valence-electron chi connectivity index (χ4n) is 3.33. The van der Waals surface area contributed by atoms with E-state index in [2.05, 4.69) is 60.4 Å². The summed E-state index contributed by atoms with van der Waals surface area (Å²) < 4.78 is 0. The van der Waals surface area contributed by atoms with Gasteiger partial charge in [-0.15, -0.1) is 0 Å². The van der Waals surface area contributed by atoms with Gasteiger partial charge in [0.25, 0.3) is 0 Å². The highest BCUT2D eigenvalue weighted by Gasteiger charge is 2.25. The van der Waals surface area contributed by atoms with Crippen molar-refractivity contribution in [2.75, 3.05) is 13.1 Å². The highest BCUT2D eigenvalue weighted by molar-refractivity contribution is 5.87. The molecule has 0 radical (unpaired) electrons. The summed E-state index contributed by atoms with van der Waals surface area (Å²) in [5, 5.41) is 8.49. The Kier molecular flexibility index (Phi) is 7.62. The Morgan fingerprint density at radius 1 is 0.958 bits per heavy atom. The second-order valence-electron chi connectivity index (χ2n) is 6.06. The molecule has 1 fully saturated rings. The zero-order valence-corrected chi connectivity index (χ0v) is 14.3. The minimum Gasteiger partial charge on any atom is -0.412 e. The molecule has 0 aromatic heterocycles. The zero-order chi connectivity index (χ0) is 15.4. The summed E-state index contributed by atoms with van der Waals surface area (Å²) in [4.78, 5) is 2.25. The van der Waals surface area contributed by atoms with Crippen molar-refractivity contribution >= 4 is 5.84 Å². The molecule has 130 valence electrons. The lowest BCUT2D eigenvalue weighted by atomic mass is 9.88. The summed E-state index contributed by atoms with van der Waals surface area (Å²) in [7, 11) is 0. The van der Waals surface area contributed by atoms with Crippen LogP contribution in [0.15, 0.2) is 54.6 Å². The molecule has 1 aliphatic heterocycles. The molecule has 0 saturated carbocycles. The van der Waals surface area contributed by atoms with Gasteiger partial charge in [-0.2, -0.15) is 0 Å². The Morgan fingerprint density at radius 3 is 2.21 bits per heavy atom. The van der Waals surface area contributed by atoms with E-state index in [0.29, 0.717) is 0 Å². The highest BCUT2D eigenvalue weighted by Crippen LogP contribution is 2.30. The third-order valence-corrected chi connectivity index (χ3v) is 4.51. The molecule has 1 saturated heterocycles. The van der Waals surface area contributed by atoms with Gasteiger partial charge in [-0.1, -0.05) is 61.5 Å². The average Bonchev–Trinajstić information content (AvgIpc) is 2.58. The van der Waals surface area contributed by atoms with Gasteiger partial charge in [-0.3, -0.25) is 5.41 Å². The predicted molar refractivity (Wildman–Crippen MR) is 101 cm³/mol. The lowest BCUT2D eigenvalue weighted by Crippen LogP contribution is -2.40. The molecule has 0 spiro atoms. The largest absolute Gasteiger partial charge is 0.412 e. The Hall–Kier alpha value is -2.17. The quantitative estimate of drug-likeness (QED) is 0.917. The first-order valence-corrected chi connectivity index (χ1v) is 8.28. The predicted octanol–water partition coefficient (Wildman–Crippen LogP) is 3.27. The topological polar surface area (TPSA) is 90.1 Å². The number of likely N-dealkylation sites (tertiary alicyclic amines) is 1. The summed E-state index contributed by atoms with van der Waals surface area (Å²) in [6.45, 7) is 4.24. The summed E-state index contributed by atoms with van der Waals surface area (Å²) in [5.41, 5.74) is 3.78. The number of hydrogen-bond acceptors (Lipinski definition) is 1. The van der Waals surface area contributed by atoms with Crippen LogP contribution in [0.5, 0.6) is 0 Å². The first-order chi connectivity index (χ1) is 10.8. The van der Waals surface area contributed by atoms with E-state index >= 15 is 0 Å². The summed E-state index contributed by atoms with van der Waals surface area (Å²) in [5.74, 6) is 1.07. The van der Waals surface area contributed by atoms with Crippen LogP contribution in [0.4, 0.5) is 0 Å². The van der Waals surface area contributed by atoms with Crippen molar-refractivity contribution in [1.82, 2.24) is 4.90 Å². The van der Waals surface area contributed by atoms with E-state index in [-0.39, 0.29) is 16.9 Å². The second kappa shape index (κ2) is 9.21. The van der Waals surface area contributed by atoms with Crippen molar-refractivity contribution < 1.29 is 11.0 Å². The second-order valence-corrected chi connectivity index (χ2v) is 6.06. The molecule has 0 amide bonds. The molecule has 5 N–H and O–H groups in total. The first-order valence-electron chi connectivity index (χ1n) is 8.28. The van der Waals surface area contributed by atoms with Gasteiger partial charge >= 0.3 is 0 Å². The van der Waals surface area contributed by atoms with Crippen LogP contribution in [0.25, 0.3) is 11.1 Å². The summed E-state index contributed by atoms with van der Waals surface area (Å²) in [6.07, 6.45) is 3.40. The third-order valence-electron chi connectivity index (χ3n) is 4.51. The smallest absolute Gasteiger partial charge is 0.103 e. The molecule has 3 rings (SSSR count). The Balaban J connectivity index is 0.00000144. The maximum atomic E-state index is 8.49. The lowest BCUT2D eigenvalue weighted by molar-refractivity contribution is 0.352. The number of piperidine rings is 1. The maximum Gasteiger partial charge on any atom is 0.103 e.